The zero-order valence-electron chi connectivity index (χ0n) is 7.38. The maximum absolute atomic E-state index is 11.9. The summed E-state index contributed by atoms with van der Waals surface area (Å²) in [7, 11) is 0. The van der Waals surface area contributed by atoms with E-state index in [2.05, 4.69) is 31.9 Å². The number of carbonyl (C=O) groups is 1. The van der Waals surface area contributed by atoms with Crippen LogP contribution in [-0.4, -0.2) is 29.2 Å². The summed E-state index contributed by atoms with van der Waals surface area (Å²) in [6.45, 7) is 1.53. The Hall–Kier alpha value is 0.0300. The Bertz CT molecular complexity index is 372. The van der Waals surface area contributed by atoms with Crippen molar-refractivity contribution in [1.29, 1.82) is 0 Å². The lowest BCUT2D eigenvalue weighted by Crippen LogP contribution is -2.43. The minimum atomic E-state index is -0.991. The fourth-order valence-corrected chi connectivity index (χ4v) is 2.69. The molecule has 2 aliphatic heterocycles. The Labute approximate surface area is 98.1 Å². The molecule has 2 aliphatic rings. The number of hydrogen-bond donors (Lipinski definition) is 1. The van der Waals surface area contributed by atoms with Crippen LogP contribution in [0.3, 0.4) is 0 Å². The van der Waals surface area contributed by atoms with Crippen molar-refractivity contribution in [2.75, 3.05) is 6.61 Å². The van der Waals surface area contributed by atoms with Crippen LogP contribution in [0.2, 0.25) is 0 Å². The second-order valence-corrected chi connectivity index (χ2v) is 5.06. The van der Waals surface area contributed by atoms with Crippen LogP contribution in [0.4, 0.5) is 0 Å². The minimum Gasteiger partial charge on any atom is -0.392 e. The number of ether oxygens (including phenoxy) is 1. The highest BCUT2D eigenvalue weighted by atomic mass is 79.9. The number of Topliss-reactive ketones (excluding diaryl/α,β-unsaturated/α-hetero) is 1. The topological polar surface area (TPSA) is 46.5 Å². The summed E-state index contributed by atoms with van der Waals surface area (Å²) in [6.07, 6.45) is 1.52. The maximum Gasteiger partial charge on any atom is 0.206 e. The van der Waals surface area contributed by atoms with Gasteiger partial charge in [0.05, 0.1) is 11.1 Å². The average Bonchev–Trinajstić information content (AvgIpc) is 2.49. The first-order chi connectivity index (χ1) is 6.50. The molecule has 2 heterocycles. The molecule has 2 atom stereocenters. The monoisotopic (exact) mass is 322 g/mol. The summed E-state index contributed by atoms with van der Waals surface area (Å²) in [5.41, 5.74) is -0.367. The molecule has 0 saturated carbocycles. The molecule has 0 radical (unpaired) electrons. The molecule has 0 spiro atoms. The van der Waals surface area contributed by atoms with E-state index in [9.17, 15) is 4.79 Å². The second-order valence-electron chi connectivity index (χ2n) is 3.41. The number of halogens is 2. The van der Waals surface area contributed by atoms with E-state index in [1.807, 2.05) is 0 Å². The van der Waals surface area contributed by atoms with Gasteiger partial charge in [-0.05, 0) is 34.5 Å². The fourth-order valence-electron chi connectivity index (χ4n) is 1.68. The summed E-state index contributed by atoms with van der Waals surface area (Å²) in [5, 5.41) is 9.12. The molecule has 14 heavy (non-hydrogen) atoms. The van der Waals surface area contributed by atoms with Gasteiger partial charge in [0.15, 0.2) is 5.60 Å². The quantitative estimate of drug-likeness (QED) is 0.746. The van der Waals surface area contributed by atoms with Crippen molar-refractivity contribution in [2.45, 2.75) is 18.6 Å². The molecule has 76 valence electrons. The summed E-state index contributed by atoms with van der Waals surface area (Å²) in [6, 6.07) is 0. The smallest absolute Gasteiger partial charge is 0.206 e. The summed E-state index contributed by atoms with van der Waals surface area (Å²) < 4.78 is 6.73. The predicted molar refractivity (Wildman–Crippen MR) is 58.3 cm³/mol. The van der Waals surface area contributed by atoms with Gasteiger partial charge in [0.25, 0.3) is 0 Å². The minimum absolute atomic E-state index is 0.153. The van der Waals surface area contributed by atoms with Gasteiger partial charge in [0.2, 0.25) is 5.78 Å². The highest BCUT2D eigenvalue weighted by Crippen LogP contribution is 2.44. The first-order valence-electron chi connectivity index (χ1n) is 4.10. The van der Waals surface area contributed by atoms with Crippen molar-refractivity contribution in [3.63, 3.8) is 0 Å². The third-order valence-corrected chi connectivity index (χ3v) is 4.76. The second kappa shape index (κ2) is 3.27. The normalized spacial score (nSPS) is 36.4. The van der Waals surface area contributed by atoms with Gasteiger partial charge >= 0.3 is 0 Å². The summed E-state index contributed by atoms with van der Waals surface area (Å²) in [5.74, 6) is -0.154. The predicted octanol–water partition coefficient (Wildman–Crippen LogP) is 1.65. The maximum atomic E-state index is 11.9. The molecule has 0 aromatic heterocycles. The van der Waals surface area contributed by atoms with Crippen molar-refractivity contribution < 1.29 is 14.6 Å². The average molecular weight is 324 g/mol. The van der Waals surface area contributed by atoms with Crippen molar-refractivity contribution >= 4 is 37.6 Å². The van der Waals surface area contributed by atoms with Gasteiger partial charge in [-0.25, -0.2) is 0 Å². The number of ketones is 1. The van der Waals surface area contributed by atoms with Crippen molar-refractivity contribution in [2.24, 2.45) is 0 Å². The molecule has 2 bridgehead atoms. The van der Waals surface area contributed by atoms with E-state index >= 15 is 0 Å². The van der Waals surface area contributed by atoms with E-state index in [0.717, 1.165) is 0 Å². The first kappa shape index (κ1) is 10.5. The van der Waals surface area contributed by atoms with E-state index in [1.165, 1.54) is 0 Å². The number of aliphatic hydroxyl groups excluding tert-OH is 1. The van der Waals surface area contributed by atoms with Gasteiger partial charge in [0, 0.05) is 4.48 Å². The highest BCUT2D eigenvalue weighted by Gasteiger charge is 2.50. The van der Waals surface area contributed by atoms with E-state index in [0.29, 0.717) is 14.5 Å². The molecule has 5 heteroatoms. The summed E-state index contributed by atoms with van der Waals surface area (Å²) in [4.78, 5) is 11.9. The molecule has 0 aromatic rings. The number of carbonyl (C=O) groups excluding carboxylic acids is 1. The lowest BCUT2D eigenvalue weighted by Gasteiger charge is -2.30. The van der Waals surface area contributed by atoms with Crippen molar-refractivity contribution in [3.8, 4) is 0 Å². The van der Waals surface area contributed by atoms with Gasteiger partial charge in [-0.3, -0.25) is 4.79 Å². The standard InChI is InChI=1S/C9H8Br2O3/c1-9-4(3-12)2-5(14-9)6(10)7(11)8(9)13/h2,5,12H,3H2,1H3/t5-,9+/m0/s1. The van der Waals surface area contributed by atoms with Gasteiger partial charge < -0.3 is 9.84 Å². The molecule has 0 aromatic carbocycles. The van der Waals surface area contributed by atoms with Crippen LogP contribution in [0.5, 0.6) is 0 Å². The van der Waals surface area contributed by atoms with Crippen LogP contribution in [-0.2, 0) is 9.53 Å². The van der Waals surface area contributed by atoms with E-state index in [1.54, 1.807) is 13.0 Å². The highest BCUT2D eigenvalue weighted by molar-refractivity contribution is 9.14. The van der Waals surface area contributed by atoms with Gasteiger partial charge in [-0.15, -0.1) is 0 Å². The fraction of sp³-hybridized carbons (Fsp3) is 0.444. The molecular weight excluding hydrogens is 316 g/mol. The zero-order valence-corrected chi connectivity index (χ0v) is 10.6. The Morgan fingerprint density at radius 1 is 1.64 bits per heavy atom. The van der Waals surface area contributed by atoms with Crippen LogP contribution in [0, 0.1) is 0 Å². The third-order valence-electron chi connectivity index (χ3n) is 2.59. The van der Waals surface area contributed by atoms with E-state index < -0.39 is 5.60 Å². The van der Waals surface area contributed by atoms with Crippen LogP contribution in [0.25, 0.3) is 0 Å². The molecule has 1 N–H and O–H groups in total. The molecule has 0 amide bonds. The van der Waals surface area contributed by atoms with Crippen LogP contribution in [0.1, 0.15) is 6.92 Å². The van der Waals surface area contributed by atoms with Crippen LogP contribution in [0.15, 0.2) is 20.6 Å². The number of hydrogen-bond acceptors (Lipinski definition) is 3. The SMILES string of the molecule is C[C@@]12O[C@@H](C=C1CO)C(Br)=C(Br)C2=O. The van der Waals surface area contributed by atoms with Gasteiger partial charge in [0.1, 0.15) is 6.10 Å². The number of aliphatic hydroxyl groups is 1. The molecule has 0 unspecified atom stereocenters. The molecule has 2 rings (SSSR count). The van der Waals surface area contributed by atoms with Gasteiger partial charge in [-0.2, -0.15) is 0 Å². The molecule has 0 aliphatic carbocycles. The molecule has 0 saturated heterocycles. The van der Waals surface area contributed by atoms with E-state index in [4.69, 9.17) is 9.84 Å². The summed E-state index contributed by atoms with van der Waals surface area (Å²) >= 11 is 6.51. The van der Waals surface area contributed by atoms with Crippen molar-refractivity contribution in [3.05, 3.63) is 20.6 Å². The molecule has 3 nitrogen and oxygen atoms in total. The van der Waals surface area contributed by atoms with Crippen LogP contribution >= 0.6 is 31.9 Å². The van der Waals surface area contributed by atoms with E-state index in [-0.39, 0.29) is 18.5 Å². The lowest BCUT2D eigenvalue weighted by atomic mass is 9.93. The number of rotatable bonds is 1. The first-order valence-corrected chi connectivity index (χ1v) is 5.69. The number of fused-ring (bicyclic) bond motifs is 2. The molecule has 0 fully saturated rings. The van der Waals surface area contributed by atoms with Crippen LogP contribution < -0.4 is 0 Å². The largest absolute Gasteiger partial charge is 0.392 e. The zero-order chi connectivity index (χ0) is 10.5. The Balaban J connectivity index is 2.54. The third kappa shape index (κ3) is 1.19. The Morgan fingerprint density at radius 3 is 2.86 bits per heavy atom. The van der Waals surface area contributed by atoms with Crippen molar-refractivity contribution in [1.82, 2.24) is 0 Å². The Kier molecular flexibility index (Phi) is 2.46. The Morgan fingerprint density at radius 2 is 2.29 bits per heavy atom. The lowest BCUT2D eigenvalue weighted by molar-refractivity contribution is -0.134. The molecular formula is C9H8Br2O3. The van der Waals surface area contributed by atoms with Gasteiger partial charge in [-0.1, -0.05) is 15.9 Å².